The van der Waals surface area contributed by atoms with Crippen LogP contribution in [0.4, 0.5) is 0 Å². The lowest BCUT2D eigenvalue weighted by atomic mass is 9.70. The molecule has 1 aromatic carbocycles. The average molecular weight is 499 g/mol. The first kappa shape index (κ1) is 26.4. The van der Waals surface area contributed by atoms with Crippen LogP contribution in [0.3, 0.4) is 0 Å². The normalized spacial score (nSPS) is 30.1. The molecule has 2 bridgehead atoms. The van der Waals surface area contributed by atoms with Crippen molar-refractivity contribution >= 4 is 17.8 Å². The number of nitrogens with zero attached hydrogens (tertiary/aromatic N) is 2. The Labute approximate surface area is 213 Å². The second-order valence-corrected chi connectivity index (χ2v) is 10.2. The molecule has 4 rings (SSSR count). The van der Waals surface area contributed by atoms with Crippen LogP contribution >= 0.6 is 0 Å². The molecule has 3 fully saturated rings. The number of aliphatic hydroxyl groups excluding tert-OH is 1. The van der Waals surface area contributed by atoms with Crippen molar-refractivity contribution < 1.29 is 29.0 Å². The van der Waals surface area contributed by atoms with E-state index < -0.39 is 41.6 Å². The molecule has 0 saturated carbocycles. The van der Waals surface area contributed by atoms with Crippen LogP contribution in [0.25, 0.3) is 0 Å². The Hall–Kier alpha value is -2.71. The van der Waals surface area contributed by atoms with E-state index in [4.69, 9.17) is 9.47 Å². The molecule has 3 heterocycles. The number of amides is 2. The van der Waals surface area contributed by atoms with Crippen LogP contribution in [0.5, 0.6) is 0 Å². The lowest BCUT2D eigenvalue weighted by Crippen LogP contribution is -2.59. The number of esters is 1. The molecular weight excluding hydrogens is 460 g/mol. The maximum atomic E-state index is 14.4. The van der Waals surface area contributed by atoms with Crippen LogP contribution in [0.15, 0.2) is 43.0 Å². The molecule has 1 aromatic rings. The number of ether oxygens (including phenoxy) is 2. The third-order valence-electron chi connectivity index (χ3n) is 8.25. The van der Waals surface area contributed by atoms with Crippen molar-refractivity contribution in [2.45, 2.75) is 70.4 Å². The van der Waals surface area contributed by atoms with Crippen molar-refractivity contribution in [3.8, 4) is 0 Å². The highest BCUT2D eigenvalue weighted by Gasteiger charge is 2.75. The Morgan fingerprint density at radius 1 is 1.33 bits per heavy atom. The monoisotopic (exact) mass is 498 g/mol. The van der Waals surface area contributed by atoms with Crippen molar-refractivity contribution in [3.05, 3.63) is 48.6 Å². The summed E-state index contributed by atoms with van der Waals surface area (Å²) >= 11 is 0. The van der Waals surface area contributed by atoms with Gasteiger partial charge >= 0.3 is 5.97 Å². The zero-order chi connectivity index (χ0) is 26.0. The number of likely N-dealkylation sites (tertiary alicyclic amines) is 1. The topological polar surface area (TPSA) is 96.4 Å². The van der Waals surface area contributed by atoms with Gasteiger partial charge in [-0.15, -0.1) is 6.58 Å². The number of carbonyl (C=O) groups excluding carboxylic acids is 3. The van der Waals surface area contributed by atoms with E-state index in [-0.39, 0.29) is 30.9 Å². The Morgan fingerprint density at radius 3 is 2.67 bits per heavy atom. The van der Waals surface area contributed by atoms with Gasteiger partial charge in [-0.2, -0.15) is 0 Å². The second-order valence-electron chi connectivity index (χ2n) is 10.2. The Morgan fingerprint density at radius 2 is 2.06 bits per heavy atom. The number of carbonyl (C=O) groups is 3. The van der Waals surface area contributed by atoms with Gasteiger partial charge in [0.2, 0.25) is 11.8 Å². The lowest BCUT2D eigenvalue weighted by Gasteiger charge is -2.41. The number of aliphatic hydroxyl groups is 1. The molecule has 1 N–H and O–H groups in total. The van der Waals surface area contributed by atoms with Crippen LogP contribution in [-0.2, 0) is 30.4 Å². The van der Waals surface area contributed by atoms with Gasteiger partial charge in [0.1, 0.15) is 11.6 Å². The van der Waals surface area contributed by atoms with Gasteiger partial charge in [0, 0.05) is 13.1 Å². The van der Waals surface area contributed by atoms with E-state index in [1.54, 1.807) is 22.8 Å². The highest BCUT2D eigenvalue weighted by atomic mass is 16.6. The molecule has 196 valence electrons. The lowest BCUT2D eigenvalue weighted by molar-refractivity contribution is -0.157. The molecule has 8 heteroatoms. The van der Waals surface area contributed by atoms with Crippen molar-refractivity contribution in [1.82, 2.24) is 9.80 Å². The predicted molar refractivity (Wildman–Crippen MR) is 133 cm³/mol. The highest BCUT2D eigenvalue weighted by Crippen LogP contribution is 2.59. The maximum absolute atomic E-state index is 14.4. The van der Waals surface area contributed by atoms with Gasteiger partial charge in [-0.25, -0.2) is 0 Å². The molecular formula is C28H38N2O6. The first-order valence-electron chi connectivity index (χ1n) is 13.1. The molecule has 2 amide bonds. The fourth-order valence-corrected chi connectivity index (χ4v) is 6.41. The zero-order valence-corrected chi connectivity index (χ0v) is 21.5. The van der Waals surface area contributed by atoms with Crippen molar-refractivity contribution in [2.24, 2.45) is 17.8 Å². The van der Waals surface area contributed by atoms with Gasteiger partial charge < -0.3 is 24.4 Å². The van der Waals surface area contributed by atoms with Gasteiger partial charge in [-0.1, -0.05) is 56.7 Å². The molecule has 0 aliphatic carbocycles. The number of hydrogen-bond donors (Lipinski definition) is 1. The molecule has 0 radical (unpaired) electrons. The molecule has 8 nitrogen and oxygen atoms in total. The summed E-state index contributed by atoms with van der Waals surface area (Å²) in [5.74, 6) is -2.60. The van der Waals surface area contributed by atoms with Crippen LogP contribution in [-0.4, -0.2) is 76.2 Å². The van der Waals surface area contributed by atoms with Crippen molar-refractivity contribution in [3.63, 3.8) is 0 Å². The van der Waals surface area contributed by atoms with E-state index in [1.807, 2.05) is 44.2 Å². The fourth-order valence-electron chi connectivity index (χ4n) is 6.41. The summed E-state index contributed by atoms with van der Waals surface area (Å²) in [6.07, 6.45) is 3.03. The van der Waals surface area contributed by atoms with E-state index in [9.17, 15) is 19.5 Å². The van der Waals surface area contributed by atoms with Crippen LogP contribution in [0, 0.1) is 17.8 Å². The number of fused-ring (bicyclic) bond motifs is 1. The first-order chi connectivity index (χ1) is 17.3. The van der Waals surface area contributed by atoms with Crippen LogP contribution < -0.4 is 0 Å². The Bertz CT molecular complexity index is 984. The van der Waals surface area contributed by atoms with E-state index >= 15 is 0 Å². The fraction of sp³-hybridized carbons (Fsp3) is 0.607. The second kappa shape index (κ2) is 10.7. The van der Waals surface area contributed by atoms with Gasteiger partial charge in [0.15, 0.2) is 0 Å². The number of rotatable bonds is 11. The smallest absolute Gasteiger partial charge is 0.312 e. The summed E-state index contributed by atoms with van der Waals surface area (Å²) in [7, 11) is 0. The standard InChI is InChI=1S/C28H38N2O6/c1-5-15-29(16-19-11-9-8-10-12-19)26(33)24-28-14-13-21(36-28)22(27(34)35-7-3)23(28)25(32)30(24)20(17-31)18(4)6-2/h5,8-12,18,20-24,31H,1,6-7,13-17H2,2-4H3/t18-,20-,21+,22-,23-,24+,28-/m0/s1. The van der Waals surface area contributed by atoms with Crippen molar-refractivity contribution in [1.29, 1.82) is 0 Å². The Kier molecular flexibility index (Phi) is 7.85. The molecule has 3 saturated heterocycles. The molecule has 3 aliphatic rings. The highest BCUT2D eigenvalue weighted by molar-refractivity contribution is 5.98. The maximum Gasteiger partial charge on any atom is 0.312 e. The number of hydrogen-bond acceptors (Lipinski definition) is 6. The molecule has 7 atom stereocenters. The summed E-state index contributed by atoms with van der Waals surface area (Å²) in [5.41, 5.74) is -0.160. The predicted octanol–water partition coefficient (Wildman–Crippen LogP) is 2.55. The van der Waals surface area contributed by atoms with E-state index in [0.717, 1.165) is 12.0 Å². The third-order valence-corrected chi connectivity index (χ3v) is 8.25. The van der Waals surface area contributed by atoms with E-state index in [0.29, 0.717) is 25.9 Å². The summed E-state index contributed by atoms with van der Waals surface area (Å²) < 4.78 is 11.8. The van der Waals surface area contributed by atoms with Crippen molar-refractivity contribution in [2.75, 3.05) is 19.8 Å². The molecule has 3 aliphatic heterocycles. The Balaban J connectivity index is 1.78. The average Bonchev–Trinajstić information content (AvgIpc) is 3.52. The third kappa shape index (κ3) is 4.24. The minimum absolute atomic E-state index is 0.0512. The minimum Gasteiger partial charge on any atom is -0.466 e. The molecule has 36 heavy (non-hydrogen) atoms. The SMILES string of the molecule is C=CCN(Cc1ccccc1)C(=O)[C@H]1N([C@@H](CO)[C@@H](C)CC)C(=O)[C@@H]2[C@@H](C(=O)OCC)[C@H]3CC[C@]21O3. The zero-order valence-electron chi connectivity index (χ0n) is 21.5. The van der Waals surface area contributed by atoms with Crippen LogP contribution in [0.2, 0.25) is 0 Å². The summed E-state index contributed by atoms with van der Waals surface area (Å²) in [4.78, 5) is 44.7. The molecule has 0 aromatic heterocycles. The summed E-state index contributed by atoms with van der Waals surface area (Å²) in [6, 6.07) is 8.16. The van der Waals surface area contributed by atoms with Gasteiger partial charge in [0.05, 0.1) is 37.2 Å². The van der Waals surface area contributed by atoms with E-state index in [1.165, 1.54) is 0 Å². The number of benzene rings is 1. The van der Waals surface area contributed by atoms with Gasteiger partial charge in [-0.3, -0.25) is 14.4 Å². The quantitative estimate of drug-likeness (QED) is 0.372. The van der Waals surface area contributed by atoms with E-state index in [2.05, 4.69) is 6.58 Å². The first-order valence-corrected chi connectivity index (χ1v) is 13.1. The molecule has 0 unspecified atom stereocenters. The minimum atomic E-state index is -1.12. The van der Waals surface area contributed by atoms with Gasteiger partial charge in [-0.05, 0) is 31.2 Å². The van der Waals surface area contributed by atoms with Gasteiger partial charge in [0.25, 0.3) is 0 Å². The molecule has 1 spiro atoms. The summed E-state index contributed by atoms with van der Waals surface area (Å²) in [6.45, 7) is 10.1. The van der Waals surface area contributed by atoms with Crippen LogP contribution in [0.1, 0.15) is 45.6 Å². The summed E-state index contributed by atoms with van der Waals surface area (Å²) in [5, 5.41) is 10.4. The largest absolute Gasteiger partial charge is 0.466 e.